The van der Waals surface area contributed by atoms with Gasteiger partial charge in [-0.3, -0.25) is 4.68 Å². The molecule has 90 valence electrons. The highest BCUT2D eigenvalue weighted by Crippen LogP contribution is 2.17. The van der Waals surface area contributed by atoms with Crippen molar-refractivity contribution in [3.05, 3.63) is 24.5 Å². The van der Waals surface area contributed by atoms with Crippen LogP contribution in [0, 0.1) is 0 Å². The van der Waals surface area contributed by atoms with Gasteiger partial charge in [-0.05, 0) is 12.1 Å². The van der Waals surface area contributed by atoms with E-state index < -0.39 is 0 Å². The van der Waals surface area contributed by atoms with Crippen molar-refractivity contribution in [3.63, 3.8) is 0 Å². The molecule has 2 rings (SSSR count). The van der Waals surface area contributed by atoms with Gasteiger partial charge in [0.1, 0.15) is 0 Å². The second kappa shape index (κ2) is 4.92. The Bertz CT molecular complexity index is 492. The van der Waals surface area contributed by atoms with Crippen LogP contribution in [0.3, 0.4) is 0 Å². The highest BCUT2D eigenvalue weighted by atomic mass is 15.3. The Balaban J connectivity index is 2.32. The van der Waals surface area contributed by atoms with Crippen molar-refractivity contribution in [1.82, 2.24) is 19.7 Å². The van der Waals surface area contributed by atoms with Crippen LogP contribution in [0.2, 0.25) is 0 Å². The second-order valence-corrected chi connectivity index (χ2v) is 3.79. The number of hydrogen-bond acceptors (Lipinski definition) is 5. The van der Waals surface area contributed by atoms with Gasteiger partial charge >= 0.3 is 0 Å². The van der Waals surface area contributed by atoms with Crippen LogP contribution in [0.1, 0.15) is 0 Å². The Hall–Kier alpha value is -1.95. The molecule has 6 heteroatoms. The molecule has 0 unspecified atom stereocenters. The van der Waals surface area contributed by atoms with Crippen LogP contribution in [0.25, 0.3) is 11.4 Å². The van der Waals surface area contributed by atoms with Gasteiger partial charge < -0.3 is 10.6 Å². The normalized spacial score (nSPS) is 10.5. The van der Waals surface area contributed by atoms with E-state index >= 15 is 0 Å². The summed E-state index contributed by atoms with van der Waals surface area (Å²) in [6, 6.07) is 3.80. The molecule has 0 saturated heterocycles. The van der Waals surface area contributed by atoms with E-state index in [1.165, 1.54) is 0 Å². The molecule has 2 aromatic rings. The molecule has 0 radical (unpaired) electrons. The summed E-state index contributed by atoms with van der Waals surface area (Å²) < 4.78 is 1.79. The maximum atomic E-state index is 5.51. The first-order valence-electron chi connectivity index (χ1n) is 5.45. The monoisotopic (exact) mass is 232 g/mol. The molecule has 0 aliphatic carbocycles. The van der Waals surface area contributed by atoms with Crippen molar-refractivity contribution in [1.29, 1.82) is 0 Å². The fourth-order valence-electron chi connectivity index (χ4n) is 1.59. The minimum absolute atomic E-state index is 0.579. The zero-order valence-electron chi connectivity index (χ0n) is 10.0. The molecule has 0 atom stereocenters. The molecule has 0 aromatic carbocycles. The first-order chi connectivity index (χ1) is 8.22. The van der Waals surface area contributed by atoms with E-state index in [-0.39, 0.29) is 0 Å². The van der Waals surface area contributed by atoms with Crippen LogP contribution in [0.4, 0.5) is 5.95 Å². The van der Waals surface area contributed by atoms with Gasteiger partial charge in [0.25, 0.3) is 0 Å². The zero-order chi connectivity index (χ0) is 12.3. The van der Waals surface area contributed by atoms with Gasteiger partial charge in [0.2, 0.25) is 5.95 Å². The van der Waals surface area contributed by atoms with E-state index in [0.29, 0.717) is 12.5 Å². The van der Waals surface area contributed by atoms with E-state index in [9.17, 15) is 0 Å². The number of rotatable bonds is 4. The molecule has 0 aliphatic heterocycles. The lowest BCUT2D eigenvalue weighted by atomic mass is 10.3. The van der Waals surface area contributed by atoms with Crippen LogP contribution in [0.5, 0.6) is 0 Å². The van der Waals surface area contributed by atoms with Gasteiger partial charge in [-0.25, -0.2) is 9.97 Å². The highest BCUT2D eigenvalue weighted by Gasteiger charge is 2.08. The van der Waals surface area contributed by atoms with E-state index in [1.807, 2.05) is 31.1 Å². The predicted octanol–water partition coefficient (Wildman–Crippen LogP) is 0.272. The predicted molar refractivity (Wildman–Crippen MR) is 66.6 cm³/mol. The number of aromatic nitrogens is 4. The number of anilines is 1. The molecule has 0 spiro atoms. The topological polar surface area (TPSA) is 72.9 Å². The van der Waals surface area contributed by atoms with Gasteiger partial charge in [-0.2, -0.15) is 5.10 Å². The molecule has 2 N–H and O–H groups in total. The van der Waals surface area contributed by atoms with Crippen LogP contribution in [-0.4, -0.2) is 39.9 Å². The molecular weight excluding hydrogens is 216 g/mol. The SMILES string of the molecule is CN(CCN)c1nccc(-c2ccnn2C)n1. The summed E-state index contributed by atoms with van der Waals surface area (Å²) in [6.45, 7) is 1.31. The zero-order valence-corrected chi connectivity index (χ0v) is 10.0. The fourth-order valence-corrected chi connectivity index (χ4v) is 1.59. The lowest BCUT2D eigenvalue weighted by molar-refractivity contribution is 0.771. The smallest absolute Gasteiger partial charge is 0.225 e. The summed E-state index contributed by atoms with van der Waals surface area (Å²) in [6.07, 6.45) is 3.50. The van der Waals surface area contributed by atoms with Crippen molar-refractivity contribution in [2.75, 3.05) is 25.0 Å². The van der Waals surface area contributed by atoms with Crippen LogP contribution < -0.4 is 10.6 Å². The van der Waals surface area contributed by atoms with Crippen LogP contribution in [0.15, 0.2) is 24.5 Å². The Kier molecular flexibility index (Phi) is 3.34. The Labute approximate surface area is 100 Å². The molecule has 0 aliphatic rings. The Morgan fingerprint density at radius 2 is 2.18 bits per heavy atom. The summed E-state index contributed by atoms with van der Waals surface area (Å²) in [5, 5.41) is 4.13. The van der Waals surface area contributed by atoms with Gasteiger partial charge in [-0.1, -0.05) is 0 Å². The summed E-state index contributed by atoms with van der Waals surface area (Å²) in [5.41, 5.74) is 7.34. The van der Waals surface area contributed by atoms with Crippen LogP contribution >= 0.6 is 0 Å². The lowest BCUT2D eigenvalue weighted by Crippen LogP contribution is -2.26. The Morgan fingerprint density at radius 1 is 1.35 bits per heavy atom. The number of nitrogens with zero attached hydrogens (tertiary/aromatic N) is 5. The first-order valence-corrected chi connectivity index (χ1v) is 5.45. The van der Waals surface area contributed by atoms with Crippen molar-refractivity contribution in [3.8, 4) is 11.4 Å². The molecule has 6 nitrogen and oxygen atoms in total. The Morgan fingerprint density at radius 3 is 2.82 bits per heavy atom. The molecule has 0 saturated carbocycles. The molecule has 2 aromatic heterocycles. The van der Waals surface area contributed by atoms with Gasteiger partial charge in [0, 0.05) is 39.6 Å². The molecule has 2 heterocycles. The van der Waals surface area contributed by atoms with Crippen LogP contribution in [-0.2, 0) is 7.05 Å². The molecule has 0 amide bonds. The maximum Gasteiger partial charge on any atom is 0.225 e. The van der Waals surface area contributed by atoms with E-state index in [2.05, 4.69) is 15.1 Å². The van der Waals surface area contributed by atoms with E-state index in [1.54, 1.807) is 17.1 Å². The second-order valence-electron chi connectivity index (χ2n) is 3.79. The van der Waals surface area contributed by atoms with E-state index in [0.717, 1.165) is 17.9 Å². The lowest BCUT2D eigenvalue weighted by Gasteiger charge is -2.16. The molecule has 0 bridgehead atoms. The highest BCUT2D eigenvalue weighted by molar-refractivity contribution is 5.55. The average molecular weight is 232 g/mol. The van der Waals surface area contributed by atoms with Crippen molar-refractivity contribution >= 4 is 5.95 Å². The van der Waals surface area contributed by atoms with Crippen molar-refractivity contribution in [2.45, 2.75) is 0 Å². The van der Waals surface area contributed by atoms with Gasteiger partial charge in [-0.15, -0.1) is 0 Å². The number of likely N-dealkylation sites (N-methyl/N-ethyl adjacent to an activating group) is 1. The third-order valence-corrected chi connectivity index (χ3v) is 2.53. The molecule has 17 heavy (non-hydrogen) atoms. The largest absolute Gasteiger partial charge is 0.343 e. The van der Waals surface area contributed by atoms with Gasteiger partial charge in [0.05, 0.1) is 11.4 Å². The average Bonchev–Trinajstić information content (AvgIpc) is 2.76. The molecule has 0 fully saturated rings. The minimum atomic E-state index is 0.579. The minimum Gasteiger partial charge on any atom is -0.343 e. The summed E-state index contributed by atoms with van der Waals surface area (Å²) >= 11 is 0. The number of nitrogens with two attached hydrogens (primary N) is 1. The molecular formula is C11H16N6. The fraction of sp³-hybridized carbons (Fsp3) is 0.364. The standard InChI is InChI=1S/C11H16N6/c1-16(8-5-12)11-13-6-3-9(15-11)10-4-7-14-17(10)2/h3-4,6-7H,5,8,12H2,1-2H3. The summed E-state index contributed by atoms with van der Waals surface area (Å²) in [5.74, 6) is 0.675. The first kappa shape index (κ1) is 11.5. The quantitative estimate of drug-likeness (QED) is 0.819. The number of hydrogen-bond donors (Lipinski definition) is 1. The van der Waals surface area contributed by atoms with Gasteiger partial charge in [0.15, 0.2) is 0 Å². The third kappa shape index (κ3) is 2.42. The third-order valence-electron chi connectivity index (χ3n) is 2.53. The summed E-state index contributed by atoms with van der Waals surface area (Å²) in [7, 11) is 3.82. The summed E-state index contributed by atoms with van der Waals surface area (Å²) in [4.78, 5) is 10.7. The van der Waals surface area contributed by atoms with E-state index in [4.69, 9.17) is 5.73 Å². The number of aryl methyl sites for hydroxylation is 1. The van der Waals surface area contributed by atoms with Crippen molar-refractivity contribution < 1.29 is 0 Å². The maximum absolute atomic E-state index is 5.51. The van der Waals surface area contributed by atoms with Crippen molar-refractivity contribution in [2.24, 2.45) is 12.8 Å².